The standard InChI is InChI=1S/C11H13NO2/c1-3-8-14-11(13)9-4-6-10(12-2)7-5-9/h3-6H,1,7-8H2,2H3. The Morgan fingerprint density at radius 2 is 2.50 bits per heavy atom. The Labute approximate surface area is 83.5 Å². The van der Waals surface area contributed by atoms with Crippen molar-refractivity contribution in [3.63, 3.8) is 0 Å². The van der Waals surface area contributed by atoms with Gasteiger partial charge in [0, 0.05) is 19.2 Å². The summed E-state index contributed by atoms with van der Waals surface area (Å²) in [6.45, 7) is 3.72. The van der Waals surface area contributed by atoms with Crippen LogP contribution in [0, 0.1) is 0 Å². The van der Waals surface area contributed by atoms with Crippen LogP contribution in [0.25, 0.3) is 0 Å². The van der Waals surface area contributed by atoms with Gasteiger partial charge in [-0.3, -0.25) is 4.99 Å². The molecule has 1 aliphatic rings. The molecule has 3 nitrogen and oxygen atoms in total. The second-order valence-corrected chi connectivity index (χ2v) is 2.80. The topological polar surface area (TPSA) is 38.7 Å². The fourth-order valence-corrected chi connectivity index (χ4v) is 1.07. The predicted molar refractivity (Wildman–Crippen MR) is 56.4 cm³/mol. The van der Waals surface area contributed by atoms with Crippen molar-refractivity contribution in [2.45, 2.75) is 6.42 Å². The van der Waals surface area contributed by atoms with Crippen LogP contribution in [0.2, 0.25) is 0 Å². The van der Waals surface area contributed by atoms with Crippen molar-refractivity contribution in [3.8, 4) is 0 Å². The number of carbonyl (C=O) groups excluding carboxylic acids is 1. The molecule has 0 spiro atoms. The average molecular weight is 191 g/mol. The van der Waals surface area contributed by atoms with E-state index in [9.17, 15) is 4.79 Å². The molecule has 0 saturated carbocycles. The normalized spacial score (nSPS) is 17.8. The third-order valence-electron chi connectivity index (χ3n) is 1.84. The summed E-state index contributed by atoms with van der Waals surface area (Å²) in [5, 5.41) is 0. The third-order valence-corrected chi connectivity index (χ3v) is 1.84. The average Bonchev–Trinajstić information content (AvgIpc) is 2.26. The zero-order valence-corrected chi connectivity index (χ0v) is 8.19. The van der Waals surface area contributed by atoms with E-state index >= 15 is 0 Å². The van der Waals surface area contributed by atoms with Crippen LogP contribution in [0.1, 0.15) is 6.42 Å². The van der Waals surface area contributed by atoms with Gasteiger partial charge in [0.25, 0.3) is 0 Å². The van der Waals surface area contributed by atoms with Crippen molar-refractivity contribution in [1.29, 1.82) is 0 Å². The maximum atomic E-state index is 11.3. The zero-order chi connectivity index (χ0) is 10.4. The molecule has 1 rings (SSSR count). The first-order valence-corrected chi connectivity index (χ1v) is 4.40. The van der Waals surface area contributed by atoms with Crippen molar-refractivity contribution >= 4 is 11.7 Å². The molecule has 0 aromatic carbocycles. The van der Waals surface area contributed by atoms with Gasteiger partial charge in [0.1, 0.15) is 6.61 Å². The Bertz CT molecular complexity index is 324. The number of ether oxygens (including phenoxy) is 1. The lowest BCUT2D eigenvalue weighted by Crippen LogP contribution is -2.09. The summed E-state index contributed by atoms with van der Waals surface area (Å²) in [6, 6.07) is 0. The predicted octanol–water partition coefficient (Wildman–Crippen LogP) is 1.67. The van der Waals surface area contributed by atoms with E-state index in [0.29, 0.717) is 12.0 Å². The largest absolute Gasteiger partial charge is 0.458 e. The van der Waals surface area contributed by atoms with E-state index < -0.39 is 0 Å². The van der Waals surface area contributed by atoms with E-state index in [0.717, 1.165) is 5.71 Å². The van der Waals surface area contributed by atoms with E-state index in [4.69, 9.17) is 4.74 Å². The molecule has 0 unspecified atom stereocenters. The molecule has 0 bridgehead atoms. The summed E-state index contributed by atoms with van der Waals surface area (Å²) in [5.74, 6) is -0.309. The van der Waals surface area contributed by atoms with Gasteiger partial charge in [0.15, 0.2) is 0 Å². The number of rotatable bonds is 3. The van der Waals surface area contributed by atoms with Crippen LogP contribution in [-0.2, 0) is 9.53 Å². The summed E-state index contributed by atoms with van der Waals surface area (Å²) < 4.78 is 4.88. The molecule has 0 fully saturated rings. The minimum Gasteiger partial charge on any atom is -0.458 e. The van der Waals surface area contributed by atoms with Crippen molar-refractivity contribution < 1.29 is 9.53 Å². The number of aliphatic imine (C=N–C) groups is 1. The van der Waals surface area contributed by atoms with Crippen LogP contribution in [0.3, 0.4) is 0 Å². The monoisotopic (exact) mass is 191 g/mol. The van der Waals surface area contributed by atoms with E-state index in [2.05, 4.69) is 11.6 Å². The van der Waals surface area contributed by atoms with Gasteiger partial charge in [-0.1, -0.05) is 18.7 Å². The van der Waals surface area contributed by atoms with Crippen LogP contribution in [0.15, 0.2) is 41.4 Å². The first-order chi connectivity index (χ1) is 6.77. The summed E-state index contributed by atoms with van der Waals surface area (Å²) in [5.41, 5.74) is 1.55. The van der Waals surface area contributed by atoms with Crippen LogP contribution in [-0.4, -0.2) is 25.3 Å². The van der Waals surface area contributed by atoms with Gasteiger partial charge in [0.05, 0.1) is 5.57 Å². The van der Waals surface area contributed by atoms with Gasteiger partial charge >= 0.3 is 5.97 Å². The number of esters is 1. The lowest BCUT2D eigenvalue weighted by molar-refractivity contribution is -0.137. The Balaban J connectivity index is 2.56. The molecular weight excluding hydrogens is 178 g/mol. The minimum atomic E-state index is -0.309. The lowest BCUT2D eigenvalue weighted by atomic mass is 10.1. The zero-order valence-electron chi connectivity index (χ0n) is 8.19. The first-order valence-electron chi connectivity index (χ1n) is 4.40. The number of carbonyl (C=O) groups is 1. The maximum absolute atomic E-state index is 11.3. The molecule has 0 radical (unpaired) electrons. The smallest absolute Gasteiger partial charge is 0.338 e. The molecule has 74 valence electrons. The van der Waals surface area contributed by atoms with Gasteiger partial charge in [-0.15, -0.1) is 0 Å². The molecule has 0 N–H and O–H groups in total. The molecule has 1 aliphatic carbocycles. The van der Waals surface area contributed by atoms with Gasteiger partial charge in [-0.25, -0.2) is 4.79 Å². The lowest BCUT2D eigenvalue weighted by Gasteiger charge is -2.07. The van der Waals surface area contributed by atoms with Crippen LogP contribution < -0.4 is 0 Å². The number of hydrogen-bond acceptors (Lipinski definition) is 3. The van der Waals surface area contributed by atoms with E-state index in [-0.39, 0.29) is 12.6 Å². The van der Waals surface area contributed by atoms with Crippen LogP contribution >= 0.6 is 0 Å². The van der Waals surface area contributed by atoms with Crippen LogP contribution in [0.4, 0.5) is 0 Å². The van der Waals surface area contributed by atoms with Gasteiger partial charge in [-0.2, -0.15) is 0 Å². The molecule has 3 heteroatoms. The molecule has 0 aliphatic heterocycles. The van der Waals surface area contributed by atoms with Crippen molar-refractivity contribution in [2.75, 3.05) is 13.7 Å². The van der Waals surface area contributed by atoms with Gasteiger partial charge in [0.2, 0.25) is 0 Å². The number of hydrogen-bond donors (Lipinski definition) is 0. The molecule has 0 saturated heterocycles. The highest BCUT2D eigenvalue weighted by atomic mass is 16.5. The summed E-state index contributed by atoms with van der Waals surface area (Å²) in [7, 11) is 1.73. The Morgan fingerprint density at radius 3 is 3.00 bits per heavy atom. The van der Waals surface area contributed by atoms with E-state index in [1.54, 1.807) is 19.2 Å². The highest BCUT2D eigenvalue weighted by Crippen LogP contribution is 2.09. The SMILES string of the molecule is C=CCOC(=O)C1=CCC(=NC)C=C1. The molecule has 0 atom stereocenters. The molecular formula is C11H13NO2. The molecule has 14 heavy (non-hydrogen) atoms. The number of allylic oxidation sites excluding steroid dienone is 2. The third kappa shape index (κ3) is 2.69. The maximum Gasteiger partial charge on any atom is 0.338 e. The van der Waals surface area contributed by atoms with Crippen molar-refractivity contribution in [3.05, 3.63) is 36.5 Å². The Hall–Kier alpha value is -1.64. The van der Waals surface area contributed by atoms with Crippen LogP contribution in [0.5, 0.6) is 0 Å². The molecule has 0 aromatic rings. The van der Waals surface area contributed by atoms with Crippen molar-refractivity contribution in [1.82, 2.24) is 0 Å². The van der Waals surface area contributed by atoms with E-state index in [1.807, 2.05) is 12.2 Å². The van der Waals surface area contributed by atoms with Crippen molar-refractivity contribution in [2.24, 2.45) is 4.99 Å². The highest BCUT2D eigenvalue weighted by molar-refractivity contribution is 6.02. The summed E-state index contributed by atoms with van der Waals surface area (Å²) in [4.78, 5) is 15.3. The fourth-order valence-electron chi connectivity index (χ4n) is 1.07. The fraction of sp³-hybridized carbons (Fsp3) is 0.273. The Morgan fingerprint density at radius 1 is 1.71 bits per heavy atom. The number of nitrogens with zero attached hydrogens (tertiary/aromatic N) is 1. The van der Waals surface area contributed by atoms with E-state index in [1.165, 1.54) is 0 Å². The first kappa shape index (κ1) is 10.4. The molecule has 0 heterocycles. The molecule has 0 aromatic heterocycles. The van der Waals surface area contributed by atoms with Gasteiger partial charge < -0.3 is 4.74 Å². The highest BCUT2D eigenvalue weighted by Gasteiger charge is 2.10. The van der Waals surface area contributed by atoms with Gasteiger partial charge in [-0.05, 0) is 12.2 Å². The summed E-state index contributed by atoms with van der Waals surface area (Å²) in [6.07, 6.45) is 7.59. The Kier molecular flexibility index (Phi) is 3.85. The second kappa shape index (κ2) is 5.17. The minimum absolute atomic E-state index is 0.249. The molecule has 0 amide bonds. The summed E-state index contributed by atoms with van der Waals surface area (Å²) >= 11 is 0. The quantitative estimate of drug-likeness (QED) is 0.502. The second-order valence-electron chi connectivity index (χ2n) is 2.80.